The molecule has 5 heteroatoms. The Morgan fingerprint density at radius 2 is 2.05 bits per heavy atom. The number of benzene rings is 1. The lowest BCUT2D eigenvalue weighted by atomic mass is 10.3. The zero-order valence-corrected chi connectivity index (χ0v) is 11.4. The summed E-state index contributed by atoms with van der Waals surface area (Å²) in [4.78, 5) is 8.94. The first kappa shape index (κ1) is 11.7. The smallest absolute Gasteiger partial charge is 0.160 e. The van der Waals surface area contributed by atoms with Crippen LogP contribution in [0.25, 0.3) is 22.6 Å². The molecular weight excluding hydrogens is 274 g/mol. The highest BCUT2D eigenvalue weighted by molar-refractivity contribution is 6.31. The minimum Gasteiger partial charge on any atom is -0.506 e. The van der Waals surface area contributed by atoms with Crippen LogP contribution in [-0.2, 0) is 0 Å². The lowest BCUT2D eigenvalue weighted by molar-refractivity contribution is 0.473. The van der Waals surface area contributed by atoms with Gasteiger partial charge in [0.25, 0.3) is 0 Å². The third-order valence-electron chi connectivity index (χ3n) is 3.54. The summed E-state index contributed by atoms with van der Waals surface area (Å²) < 4.78 is 2.23. The molecule has 100 valence electrons. The lowest BCUT2D eigenvalue weighted by Crippen LogP contribution is -1.98. The fourth-order valence-corrected chi connectivity index (χ4v) is 2.64. The Bertz CT molecular complexity index is 791. The molecule has 0 radical (unpaired) electrons. The number of aromatic hydroxyl groups is 1. The van der Waals surface area contributed by atoms with E-state index in [-0.39, 0.29) is 5.75 Å². The third-order valence-corrected chi connectivity index (χ3v) is 3.78. The number of rotatable bonds is 2. The van der Waals surface area contributed by atoms with E-state index >= 15 is 0 Å². The Hall–Kier alpha value is -2.07. The minimum absolute atomic E-state index is 0.158. The SMILES string of the molecule is Oc1ccc(-c2nc3cc(Cl)ccc3n2C2CC2)nc1. The van der Waals surface area contributed by atoms with Gasteiger partial charge >= 0.3 is 0 Å². The first-order valence-electron chi connectivity index (χ1n) is 6.55. The van der Waals surface area contributed by atoms with Gasteiger partial charge in [0.05, 0.1) is 17.2 Å². The van der Waals surface area contributed by atoms with Crippen LogP contribution in [0, 0.1) is 0 Å². The molecule has 2 aromatic heterocycles. The van der Waals surface area contributed by atoms with Crippen molar-refractivity contribution in [1.29, 1.82) is 0 Å². The highest BCUT2D eigenvalue weighted by Gasteiger charge is 2.29. The summed E-state index contributed by atoms with van der Waals surface area (Å²) in [5.41, 5.74) is 2.73. The standard InChI is InChI=1S/C15H12ClN3O/c16-9-1-6-14-13(7-9)18-15(19(14)10-2-3-10)12-5-4-11(20)8-17-12/h1,4-8,10,20H,2-3H2. The van der Waals surface area contributed by atoms with Crippen molar-refractivity contribution in [2.75, 3.05) is 0 Å². The fourth-order valence-electron chi connectivity index (χ4n) is 2.47. The zero-order valence-electron chi connectivity index (χ0n) is 10.6. The van der Waals surface area contributed by atoms with Crippen molar-refractivity contribution < 1.29 is 5.11 Å². The first-order chi connectivity index (χ1) is 9.72. The first-order valence-corrected chi connectivity index (χ1v) is 6.93. The van der Waals surface area contributed by atoms with Gasteiger partial charge in [-0.05, 0) is 43.2 Å². The van der Waals surface area contributed by atoms with Gasteiger partial charge in [-0.3, -0.25) is 0 Å². The van der Waals surface area contributed by atoms with Crippen LogP contribution in [0.2, 0.25) is 5.02 Å². The molecule has 4 rings (SSSR count). The third kappa shape index (κ3) is 1.84. The molecule has 20 heavy (non-hydrogen) atoms. The number of imidazole rings is 1. The van der Waals surface area contributed by atoms with E-state index in [1.54, 1.807) is 12.1 Å². The Morgan fingerprint density at radius 1 is 1.20 bits per heavy atom. The molecule has 0 saturated heterocycles. The Morgan fingerprint density at radius 3 is 2.75 bits per heavy atom. The van der Waals surface area contributed by atoms with Gasteiger partial charge in [0, 0.05) is 11.1 Å². The number of halogens is 1. The highest BCUT2D eigenvalue weighted by atomic mass is 35.5. The monoisotopic (exact) mass is 285 g/mol. The molecule has 1 saturated carbocycles. The molecule has 0 amide bonds. The summed E-state index contributed by atoms with van der Waals surface area (Å²) in [6.45, 7) is 0. The van der Waals surface area contributed by atoms with Crippen LogP contribution in [0.15, 0.2) is 36.5 Å². The van der Waals surface area contributed by atoms with Crippen molar-refractivity contribution >= 4 is 22.6 Å². The van der Waals surface area contributed by atoms with Gasteiger partial charge in [0.15, 0.2) is 5.82 Å². The predicted octanol–water partition coefficient (Wildman–Crippen LogP) is 3.79. The second kappa shape index (κ2) is 4.21. The van der Waals surface area contributed by atoms with Crippen LogP contribution < -0.4 is 0 Å². The Kier molecular flexibility index (Phi) is 2.47. The molecule has 1 fully saturated rings. The molecule has 1 N–H and O–H groups in total. The average molecular weight is 286 g/mol. The number of hydrogen-bond donors (Lipinski definition) is 1. The summed E-state index contributed by atoms with van der Waals surface area (Å²) in [6, 6.07) is 9.68. The van der Waals surface area contributed by atoms with Gasteiger partial charge in [-0.25, -0.2) is 9.97 Å². The number of fused-ring (bicyclic) bond motifs is 1. The molecule has 4 nitrogen and oxygen atoms in total. The summed E-state index contributed by atoms with van der Waals surface area (Å²) in [5.74, 6) is 0.996. The maximum absolute atomic E-state index is 9.36. The maximum atomic E-state index is 9.36. The average Bonchev–Trinajstić information content (AvgIpc) is 3.20. The van der Waals surface area contributed by atoms with E-state index < -0.39 is 0 Å². The van der Waals surface area contributed by atoms with Crippen molar-refractivity contribution in [3.8, 4) is 17.3 Å². The molecule has 0 atom stereocenters. The van der Waals surface area contributed by atoms with E-state index in [1.807, 2.05) is 18.2 Å². The topological polar surface area (TPSA) is 50.9 Å². The Balaban J connectivity index is 1.97. The second-order valence-electron chi connectivity index (χ2n) is 5.07. The predicted molar refractivity (Wildman–Crippen MR) is 77.9 cm³/mol. The van der Waals surface area contributed by atoms with Crippen LogP contribution in [0.5, 0.6) is 5.75 Å². The second-order valence-corrected chi connectivity index (χ2v) is 5.51. The number of aromatic nitrogens is 3. The summed E-state index contributed by atoms with van der Waals surface area (Å²) in [5, 5.41) is 10.0. The van der Waals surface area contributed by atoms with Crippen molar-refractivity contribution in [1.82, 2.24) is 14.5 Å². The highest BCUT2D eigenvalue weighted by Crippen LogP contribution is 2.41. The van der Waals surface area contributed by atoms with Crippen LogP contribution >= 0.6 is 11.6 Å². The molecule has 0 aliphatic heterocycles. The summed E-state index contributed by atoms with van der Waals surface area (Å²) in [6.07, 6.45) is 3.78. The molecule has 1 aromatic carbocycles. The number of pyridine rings is 1. The molecule has 1 aliphatic carbocycles. The Labute approximate surface area is 120 Å². The van der Waals surface area contributed by atoms with Gasteiger partial charge in [0.2, 0.25) is 0 Å². The van der Waals surface area contributed by atoms with Gasteiger partial charge < -0.3 is 9.67 Å². The van der Waals surface area contributed by atoms with E-state index in [4.69, 9.17) is 11.6 Å². The number of nitrogens with zero attached hydrogens (tertiary/aromatic N) is 3. The van der Waals surface area contributed by atoms with E-state index in [2.05, 4.69) is 14.5 Å². The zero-order chi connectivity index (χ0) is 13.7. The van der Waals surface area contributed by atoms with E-state index in [0.717, 1.165) is 22.6 Å². The van der Waals surface area contributed by atoms with Crippen LogP contribution in [0.1, 0.15) is 18.9 Å². The molecule has 0 spiro atoms. The quantitative estimate of drug-likeness (QED) is 0.779. The van der Waals surface area contributed by atoms with Gasteiger partial charge in [-0.2, -0.15) is 0 Å². The molecule has 2 heterocycles. The summed E-state index contributed by atoms with van der Waals surface area (Å²) in [7, 11) is 0. The molecule has 0 bridgehead atoms. The van der Waals surface area contributed by atoms with Gasteiger partial charge in [0.1, 0.15) is 11.4 Å². The van der Waals surface area contributed by atoms with Gasteiger partial charge in [-0.15, -0.1) is 0 Å². The van der Waals surface area contributed by atoms with Crippen molar-refractivity contribution in [2.45, 2.75) is 18.9 Å². The lowest BCUT2D eigenvalue weighted by Gasteiger charge is -2.07. The van der Waals surface area contributed by atoms with Crippen LogP contribution in [-0.4, -0.2) is 19.6 Å². The van der Waals surface area contributed by atoms with Crippen molar-refractivity contribution in [2.24, 2.45) is 0 Å². The largest absolute Gasteiger partial charge is 0.506 e. The number of hydrogen-bond acceptors (Lipinski definition) is 3. The molecule has 3 aromatic rings. The normalized spacial score (nSPS) is 14.8. The molecule has 0 unspecified atom stereocenters. The molecule has 1 aliphatic rings. The van der Waals surface area contributed by atoms with Crippen molar-refractivity contribution in [3.63, 3.8) is 0 Å². The molecular formula is C15H12ClN3O. The van der Waals surface area contributed by atoms with Gasteiger partial charge in [-0.1, -0.05) is 11.6 Å². The van der Waals surface area contributed by atoms with Crippen LogP contribution in [0.4, 0.5) is 0 Å². The van der Waals surface area contributed by atoms with E-state index in [9.17, 15) is 5.11 Å². The van der Waals surface area contributed by atoms with E-state index in [1.165, 1.54) is 19.0 Å². The van der Waals surface area contributed by atoms with Crippen molar-refractivity contribution in [3.05, 3.63) is 41.6 Å². The minimum atomic E-state index is 0.158. The van der Waals surface area contributed by atoms with Crippen LogP contribution in [0.3, 0.4) is 0 Å². The maximum Gasteiger partial charge on any atom is 0.160 e. The fraction of sp³-hybridized carbons (Fsp3) is 0.200. The van der Waals surface area contributed by atoms with E-state index in [0.29, 0.717) is 11.1 Å². The summed E-state index contributed by atoms with van der Waals surface area (Å²) >= 11 is 6.04.